The van der Waals surface area contributed by atoms with Gasteiger partial charge in [-0.3, -0.25) is 4.99 Å². The zero-order chi connectivity index (χ0) is 18.0. The van der Waals surface area contributed by atoms with Crippen LogP contribution in [0.3, 0.4) is 0 Å². The molecule has 0 radical (unpaired) electrons. The Morgan fingerprint density at radius 1 is 1.08 bits per heavy atom. The van der Waals surface area contributed by atoms with Crippen molar-refractivity contribution in [3.63, 3.8) is 0 Å². The Labute approximate surface area is 150 Å². The lowest BCUT2D eigenvalue weighted by Crippen LogP contribution is -2.35. The van der Waals surface area contributed by atoms with Crippen LogP contribution in [0.4, 0.5) is 5.69 Å². The van der Waals surface area contributed by atoms with Gasteiger partial charge in [0.05, 0.1) is 0 Å². The molecule has 24 heavy (non-hydrogen) atoms. The van der Waals surface area contributed by atoms with Gasteiger partial charge in [0, 0.05) is 30.9 Å². The Bertz CT molecular complexity index is 489. The second kappa shape index (κ2) is 10.5. The molecule has 0 saturated heterocycles. The Morgan fingerprint density at radius 2 is 1.75 bits per heavy atom. The summed E-state index contributed by atoms with van der Waals surface area (Å²) in [7, 11) is 1.97. The highest BCUT2D eigenvalue weighted by molar-refractivity contribution is 5.87. The first-order valence-electron chi connectivity index (χ1n) is 9.82. The highest BCUT2D eigenvalue weighted by Crippen LogP contribution is 2.40. The standard InChI is InChI=1S/C22H38N2/c1-7-11-20(21(9-3)23-6)22(5,16-8-2)17-18-12-14-19(15-13-18)24-10-4/h12-15,20,24H,7-11,16-17H2,1-6H3/b23-21+. The maximum Gasteiger partial charge on any atom is 0.0340 e. The summed E-state index contributed by atoms with van der Waals surface area (Å²) in [6.07, 6.45) is 7.16. The summed E-state index contributed by atoms with van der Waals surface area (Å²) in [6, 6.07) is 9.02. The van der Waals surface area contributed by atoms with Crippen LogP contribution in [0.25, 0.3) is 0 Å². The highest BCUT2D eigenvalue weighted by Gasteiger charge is 2.35. The normalized spacial score (nSPS) is 15.8. The van der Waals surface area contributed by atoms with Crippen LogP contribution in [0, 0.1) is 11.3 Å². The van der Waals surface area contributed by atoms with E-state index in [2.05, 4.69) is 69.2 Å². The Hall–Kier alpha value is -1.31. The van der Waals surface area contributed by atoms with E-state index in [-0.39, 0.29) is 5.41 Å². The molecule has 1 N–H and O–H groups in total. The Balaban J connectivity index is 3.07. The summed E-state index contributed by atoms with van der Waals surface area (Å²) in [5.41, 5.74) is 4.35. The number of hydrogen-bond acceptors (Lipinski definition) is 2. The molecule has 0 aromatic heterocycles. The van der Waals surface area contributed by atoms with Crippen LogP contribution >= 0.6 is 0 Å². The minimum absolute atomic E-state index is 0.287. The van der Waals surface area contributed by atoms with Crippen molar-refractivity contribution >= 4 is 11.4 Å². The van der Waals surface area contributed by atoms with E-state index in [1.165, 1.54) is 42.6 Å². The van der Waals surface area contributed by atoms with Crippen molar-refractivity contribution in [2.75, 3.05) is 18.9 Å². The fourth-order valence-electron chi connectivity index (χ4n) is 4.13. The lowest BCUT2D eigenvalue weighted by Gasteiger charge is -2.39. The molecule has 2 unspecified atom stereocenters. The second-order valence-corrected chi connectivity index (χ2v) is 7.22. The molecule has 0 saturated carbocycles. The van der Waals surface area contributed by atoms with Crippen LogP contribution in [0.2, 0.25) is 0 Å². The van der Waals surface area contributed by atoms with Crippen molar-refractivity contribution in [2.45, 2.75) is 73.1 Å². The number of nitrogens with zero attached hydrogens (tertiary/aromatic N) is 1. The van der Waals surface area contributed by atoms with Crippen LogP contribution in [-0.2, 0) is 6.42 Å². The van der Waals surface area contributed by atoms with E-state index >= 15 is 0 Å². The number of hydrogen-bond donors (Lipinski definition) is 1. The van der Waals surface area contributed by atoms with E-state index < -0.39 is 0 Å². The third-order valence-corrected chi connectivity index (χ3v) is 5.23. The molecule has 0 amide bonds. The van der Waals surface area contributed by atoms with E-state index in [0.717, 1.165) is 19.4 Å². The van der Waals surface area contributed by atoms with E-state index in [1.54, 1.807) is 0 Å². The van der Waals surface area contributed by atoms with E-state index in [9.17, 15) is 0 Å². The topological polar surface area (TPSA) is 24.4 Å². The van der Waals surface area contributed by atoms with Gasteiger partial charge in [-0.1, -0.05) is 52.7 Å². The second-order valence-electron chi connectivity index (χ2n) is 7.22. The number of benzene rings is 1. The van der Waals surface area contributed by atoms with Crippen molar-refractivity contribution in [3.8, 4) is 0 Å². The van der Waals surface area contributed by atoms with Gasteiger partial charge in [-0.15, -0.1) is 0 Å². The molecule has 0 fully saturated rings. The highest BCUT2D eigenvalue weighted by atomic mass is 14.8. The zero-order valence-corrected chi connectivity index (χ0v) is 16.8. The molecule has 0 heterocycles. The van der Waals surface area contributed by atoms with Crippen LogP contribution in [0.5, 0.6) is 0 Å². The molecule has 0 aliphatic heterocycles. The average Bonchev–Trinajstić information content (AvgIpc) is 2.57. The van der Waals surface area contributed by atoms with Gasteiger partial charge in [-0.25, -0.2) is 0 Å². The third-order valence-electron chi connectivity index (χ3n) is 5.23. The molecule has 2 heteroatoms. The van der Waals surface area contributed by atoms with Crippen LogP contribution < -0.4 is 5.32 Å². The first kappa shape index (κ1) is 20.7. The first-order chi connectivity index (χ1) is 11.5. The molecule has 1 rings (SSSR count). The molecular weight excluding hydrogens is 292 g/mol. The van der Waals surface area contributed by atoms with Crippen molar-refractivity contribution in [1.82, 2.24) is 0 Å². The Kier molecular flexibility index (Phi) is 9.10. The van der Waals surface area contributed by atoms with Gasteiger partial charge in [0.1, 0.15) is 0 Å². The van der Waals surface area contributed by atoms with Gasteiger partial charge in [0.15, 0.2) is 0 Å². The van der Waals surface area contributed by atoms with Gasteiger partial charge in [-0.2, -0.15) is 0 Å². The van der Waals surface area contributed by atoms with Crippen LogP contribution in [0.15, 0.2) is 29.3 Å². The predicted octanol–water partition coefficient (Wildman–Crippen LogP) is 6.36. The van der Waals surface area contributed by atoms with Gasteiger partial charge in [0.25, 0.3) is 0 Å². The largest absolute Gasteiger partial charge is 0.385 e. The number of rotatable bonds is 11. The quantitative estimate of drug-likeness (QED) is 0.469. The lowest BCUT2D eigenvalue weighted by molar-refractivity contribution is 0.206. The summed E-state index contributed by atoms with van der Waals surface area (Å²) in [5, 5.41) is 3.38. The van der Waals surface area contributed by atoms with Gasteiger partial charge < -0.3 is 5.32 Å². The van der Waals surface area contributed by atoms with Crippen molar-refractivity contribution in [2.24, 2.45) is 16.3 Å². The molecule has 0 aliphatic carbocycles. The Morgan fingerprint density at radius 3 is 2.21 bits per heavy atom. The van der Waals surface area contributed by atoms with Crippen molar-refractivity contribution < 1.29 is 0 Å². The summed E-state index contributed by atoms with van der Waals surface area (Å²) in [5.74, 6) is 0.589. The van der Waals surface area contributed by atoms with E-state index in [1.807, 2.05) is 7.05 Å². The average molecular weight is 331 g/mol. The van der Waals surface area contributed by atoms with Crippen LogP contribution in [-0.4, -0.2) is 19.3 Å². The van der Waals surface area contributed by atoms with Crippen molar-refractivity contribution in [3.05, 3.63) is 29.8 Å². The number of aliphatic imine (C=N–C) groups is 1. The first-order valence-corrected chi connectivity index (χ1v) is 9.82. The number of anilines is 1. The fraction of sp³-hybridized carbons (Fsp3) is 0.682. The molecule has 136 valence electrons. The number of nitrogens with one attached hydrogen (secondary N) is 1. The predicted molar refractivity (Wildman–Crippen MR) is 109 cm³/mol. The minimum Gasteiger partial charge on any atom is -0.385 e. The smallest absolute Gasteiger partial charge is 0.0340 e. The maximum absolute atomic E-state index is 4.66. The molecule has 0 spiro atoms. The molecular formula is C22H38N2. The molecule has 2 nitrogen and oxygen atoms in total. The molecule has 2 atom stereocenters. The van der Waals surface area contributed by atoms with Gasteiger partial charge in [0.2, 0.25) is 0 Å². The minimum atomic E-state index is 0.287. The summed E-state index contributed by atoms with van der Waals surface area (Å²) in [6.45, 7) is 12.5. The molecule has 0 aliphatic rings. The lowest BCUT2D eigenvalue weighted by atomic mass is 9.66. The van der Waals surface area contributed by atoms with Crippen molar-refractivity contribution in [1.29, 1.82) is 0 Å². The molecule has 1 aromatic rings. The zero-order valence-electron chi connectivity index (χ0n) is 16.8. The SMILES string of the molecule is CCCC(/C(CC)=N/C)C(C)(CCC)Cc1ccc(NCC)cc1. The third kappa shape index (κ3) is 5.65. The van der Waals surface area contributed by atoms with E-state index in [0.29, 0.717) is 5.92 Å². The van der Waals surface area contributed by atoms with Gasteiger partial charge >= 0.3 is 0 Å². The molecule has 0 bridgehead atoms. The van der Waals surface area contributed by atoms with Gasteiger partial charge in [-0.05, 0) is 55.7 Å². The summed E-state index contributed by atoms with van der Waals surface area (Å²) in [4.78, 5) is 4.66. The molecule has 1 aromatic carbocycles. The van der Waals surface area contributed by atoms with Crippen LogP contribution in [0.1, 0.15) is 72.3 Å². The summed E-state index contributed by atoms with van der Waals surface area (Å²) >= 11 is 0. The summed E-state index contributed by atoms with van der Waals surface area (Å²) < 4.78 is 0. The van der Waals surface area contributed by atoms with E-state index in [4.69, 9.17) is 0 Å². The monoisotopic (exact) mass is 330 g/mol. The fourth-order valence-corrected chi connectivity index (χ4v) is 4.13. The maximum atomic E-state index is 4.66.